The average Bonchev–Trinajstić information content (AvgIpc) is 2.89. The molecule has 2 saturated heterocycles. The predicted octanol–water partition coefficient (Wildman–Crippen LogP) is 6.15. The van der Waals surface area contributed by atoms with Gasteiger partial charge in [0, 0.05) is 63.1 Å². The maximum absolute atomic E-state index is 12.8. The van der Waals surface area contributed by atoms with Gasteiger partial charge in [-0.15, -0.1) is 0 Å². The zero-order chi connectivity index (χ0) is 26.4. The van der Waals surface area contributed by atoms with Crippen LogP contribution in [-0.2, 0) is 10.2 Å². The van der Waals surface area contributed by atoms with Gasteiger partial charge in [-0.3, -0.25) is 9.69 Å². The Kier molecular flexibility index (Phi) is 10.5. The lowest BCUT2D eigenvalue weighted by atomic mass is 9.87. The van der Waals surface area contributed by atoms with Crippen LogP contribution < -0.4 is 10.2 Å². The number of nitrogens with one attached hydrogen (secondary N) is 1. The first kappa shape index (κ1) is 29.8. The van der Waals surface area contributed by atoms with Crippen molar-refractivity contribution in [2.45, 2.75) is 65.3 Å². The number of nitriles is 1. The van der Waals surface area contributed by atoms with Crippen LogP contribution in [0.1, 0.15) is 65.0 Å². The highest BCUT2D eigenvalue weighted by molar-refractivity contribution is 6.32. The van der Waals surface area contributed by atoms with Gasteiger partial charge in [0.05, 0.1) is 10.6 Å². The summed E-state index contributed by atoms with van der Waals surface area (Å²) >= 11 is 6.15. The Morgan fingerprint density at radius 2 is 1.68 bits per heavy atom. The molecule has 2 aliphatic heterocycles. The van der Waals surface area contributed by atoms with Gasteiger partial charge in [-0.25, -0.2) is 0 Å². The maximum atomic E-state index is 12.8. The molecule has 2 aliphatic rings. The molecular weight excluding hydrogens is 494 g/mol. The Hall–Kier alpha value is -2.75. The largest absolute Gasteiger partial charge is 0.382 e. The fourth-order valence-corrected chi connectivity index (χ4v) is 5.44. The zero-order valence-electron chi connectivity index (χ0n) is 22.5. The molecule has 4 rings (SSSR count). The fraction of sp³-hybridized carbons (Fsp3) is 0.548. The molecule has 0 spiro atoms. The Morgan fingerprint density at radius 3 is 2.26 bits per heavy atom. The molecule has 0 unspecified atom stereocenters. The van der Waals surface area contributed by atoms with E-state index in [1.54, 1.807) is 12.1 Å². The first-order valence-electron chi connectivity index (χ1n) is 13.5. The Morgan fingerprint density at radius 1 is 1.03 bits per heavy atom. The summed E-state index contributed by atoms with van der Waals surface area (Å²) < 4.78 is 0. The molecule has 2 aromatic rings. The lowest BCUT2D eigenvalue weighted by molar-refractivity contribution is -0.132. The van der Waals surface area contributed by atoms with E-state index in [-0.39, 0.29) is 18.7 Å². The van der Waals surface area contributed by atoms with Crippen molar-refractivity contribution in [1.29, 1.82) is 5.26 Å². The number of piperazine rings is 1. The zero-order valence-corrected chi connectivity index (χ0v) is 23.2. The summed E-state index contributed by atoms with van der Waals surface area (Å²) in [6, 6.07) is 16.9. The number of carbonyl (C=O) groups is 1. The number of piperidine rings is 1. The average molecular weight is 538 g/mol. The summed E-state index contributed by atoms with van der Waals surface area (Å²) in [6.07, 6.45) is 3.38. The van der Waals surface area contributed by atoms with E-state index in [0.717, 1.165) is 70.8 Å². The van der Waals surface area contributed by atoms with Crippen molar-refractivity contribution in [3.05, 3.63) is 58.6 Å². The molecule has 2 heterocycles. The monoisotopic (exact) mass is 537 g/mol. The van der Waals surface area contributed by atoms with E-state index in [1.807, 2.05) is 11.0 Å². The minimum atomic E-state index is 0. The molecule has 6 nitrogen and oxygen atoms in total. The van der Waals surface area contributed by atoms with Crippen LogP contribution in [-0.4, -0.2) is 67.6 Å². The molecule has 0 aliphatic carbocycles. The molecule has 2 fully saturated rings. The van der Waals surface area contributed by atoms with Gasteiger partial charge in [0.2, 0.25) is 5.91 Å². The third-order valence-corrected chi connectivity index (χ3v) is 7.96. The third kappa shape index (κ3) is 7.88. The summed E-state index contributed by atoms with van der Waals surface area (Å²) in [7, 11) is 0. The first-order valence-corrected chi connectivity index (χ1v) is 13.9. The number of amides is 1. The summed E-state index contributed by atoms with van der Waals surface area (Å²) in [5, 5.41) is 13.0. The molecule has 1 amide bonds. The highest BCUT2D eigenvalue weighted by Gasteiger charge is 2.23. The summed E-state index contributed by atoms with van der Waals surface area (Å²) in [6.45, 7) is 13.5. The van der Waals surface area contributed by atoms with Crippen molar-refractivity contribution < 1.29 is 4.79 Å². The van der Waals surface area contributed by atoms with Gasteiger partial charge in [0.1, 0.15) is 6.07 Å². The van der Waals surface area contributed by atoms with Gasteiger partial charge in [-0.05, 0) is 67.1 Å². The van der Waals surface area contributed by atoms with E-state index in [0.29, 0.717) is 23.0 Å². The van der Waals surface area contributed by atoms with Crippen molar-refractivity contribution in [2.24, 2.45) is 0 Å². The number of hydrogen-bond acceptors (Lipinski definition) is 5. The van der Waals surface area contributed by atoms with E-state index in [2.05, 4.69) is 66.2 Å². The summed E-state index contributed by atoms with van der Waals surface area (Å²) in [5.41, 5.74) is 4.28. The molecule has 1 N–H and O–H groups in total. The Balaban J connectivity index is 0.00000400. The molecule has 206 valence electrons. The maximum Gasteiger partial charge on any atom is 0.222 e. The number of halogens is 1. The molecule has 0 atom stereocenters. The highest BCUT2D eigenvalue weighted by atomic mass is 35.5. The molecule has 0 aromatic heterocycles. The van der Waals surface area contributed by atoms with Crippen molar-refractivity contribution in [3.63, 3.8) is 0 Å². The molecular formula is C31H44ClN5O. The predicted molar refractivity (Wildman–Crippen MR) is 159 cm³/mol. The van der Waals surface area contributed by atoms with E-state index >= 15 is 0 Å². The second-order valence-electron chi connectivity index (χ2n) is 11.3. The van der Waals surface area contributed by atoms with Gasteiger partial charge in [0.25, 0.3) is 0 Å². The molecule has 0 saturated carbocycles. The quantitative estimate of drug-likeness (QED) is 0.459. The molecule has 0 bridgehead atoms. The van der Waals surface area contributed by atoms with E-state index < -0.39 is 0 Å². The van der Waals surface area contributed by atoms with Gasteiger partial charge in [0.15, 0.2) is 0 Å². The normalized spacial score (nSPS) is 17.0. The third-order valence-electron chi connectivity index (χ3n) is 7.64. The van der Waals surface area contributed by atoms with Gasteiger partial charge in [-0.2, -0.15) is 5.26 Å². The van der Waals surface area contributed by atoms with Crippen LogP contribution in [0, 0.1) is 11.3 Å². The van der Waals surface area contributed by atoms with Gasteiger partial charge < -0.3 is 15.1 Å². The number of rotatable bonds is 7. The van der Waals surface area contributed by atoms with E-state index in [1.165, 1.54) is 11.3 Å². The molecule has 0 radical (unpaired) electrons. The first-order chi connectivity index (χ1) is 17.7. The molecule has 38 heavy (non-hydrogen) atoms. The minimum absolute atomic E-state index is 0. The number of hydrogen-bond donors (Lipinski definition) is 1. The smallest absolute Gasteiger partial charge is 0.222 e. The van der Waals surface area contributed by atoms with E-state index in [4.69, 9.17) is 16.9 Å². The summed E-state index contributed by atoms with van der Waals surface area (Å²) in [5.74, 6) is 0.275. The van der Waals surface area contributed by atoms with Crippen LogP contribution in [0.5, 0.6) is 0 Å². The summed E-state index contributed by atoms with van der Waals surface area (Å²) in [4.78, 5) is 19.8. The number of likely N-dealkylation sites (tertiary alicyclic amines) is 1. The van der Waals surface area contributed by atoms with Crippen LogP contribution in [0.3, 0.4) is 0 Å². The van der Waals surface area contributed by atoms with Crippen molar-refractivity contribution >= 4 is 28.9 Å². The molecule has 7 heteroatoms. The standard InChI is InChI=1S/C30H40ClN5O.CH4/c1-30(2,3)24-7-10-27(11-8-24)35-19-17-34(18-20-35)14-4-5-29(37)36-15-12-25(13-16-36)33-26-9-6-23(22-32)28(31)21-26;/h6-11,21,25,33H,4-5,12-20H2,1-3H3;1H4. The SMILES string of the molecule is C.CC(C)(C)c1ccc(N2CCN(CCCC(=O)N3CCC(Nc4ccc(C#N)c(Cl)c4)CC3)CC2)cc1. The van der Waals surface area contributed by atoms with Crippen LogP contribution in [0.15, 0.2) is 42.5 Å². The number of carbonyl (C=O) groups excluding carboxylic acids is 1. The van der Waals surface area contributed by atoms with Crippen LogP contribution in [0.2, 0.25) is 5.02 Å². The second kappa shape index (κ2) is 13.4. The lowest BCUT2D eigenvalue weighted by Gasteiger charge is -2.36. The van der Waals surface area contributed by atoms with Crippen LogP contribution in [0.4, 0.5) is 11.4 Å². The topological polar surface area (TPSA) is 62.6 Å². The number of nitrogens with zero attached hydrogens (tertiary/aromatic N) is 4. The van der Waals surface area contributed by atoms with E-state index in [9.17, 15) is 4.79 Å². The minimum Gasteiger partial charge on any atom is -0.382 e. The number of anilines is 2. The van der Waals surface area contributed by atoms with Gasteiger partial charge in [-0.1, -0.05) is 51.9 Å². The Labute approximate surface area is 234 Å². The second-order valence-corrected chi connectivity index (χ2v) is 11.7. The fourth-order valence-electron chi connectivity index (χ4n) is 5.22. The van der Waals surface area contributed by atoms with Crippen molar-refractivity contribution in [1.82, 2.24) is 9.80 Å². The van der Waals surface area contributed by atoms with Crippen LogP contribution in [0.25, 0.3) is 0 Å². The van der Waals surface area contributed by atoms with Gasteiger partial charge >= 0.3 is 0 Å². The van der Waals surface area contributed by atoms with Crippen LogP contribution >= 0.6 is 11.6 Å². The number of benzene rings is 2. The highest BCUT2D eigenvalue weighted by Crippen LogP contribution is 2.26. The Bertz CT molecular complexity index is 1090. The lowest BCUT2D eigenvalue weighted by Crippen LogP contribution is -2.47. The van der Waals surface area contributed by atoms with Crippen molar-refractivity contribution in [2.75, 3.05) is 56.0 Å². The molecule has 2 aromatic carbocycles. The van der Waals surface area contributed by atoms with Crippen molar-refractivity contribution in [3.8, 4) is 6.07 Å².